The highest BCUT2D eigenvalue weighted by atomic mass is 31.2. The van der Waals surface area contributed by atoms with Gasteiger partial charge in [-0.2, -0.15) is 18.2 Å². The fraction of sp³-hybridized carbons (Fsp3) is 0.120. The second kappa shape index (κ2) is 9.80. The Hall–Kier alpha value is -3.84. The van der Waals surface area contributed by atoms with E-state index in [0.717, 1.165) is 17.6 Å². The molecule has 4 aromatic rings. The summed E-state index contributed by atoms with van der Waals surface area (Å²) in [6, 6.07) is 23.1. The maximum Gasteiger partial charge on any atom is 0.421 e. The van der Waals surface area contributed by atoms with E-state index in [1.807, 2.05) is 30.3 Å². The number of nitrogens with zero attached hydrogens (tertiary/aromatic N) is 2. The number of hydrogen-bond acceptors (Lipinski definition) is 6. The van der Waals surface area contributed by atoms with E-state index >= 15 is 0 Å². The molecule has 0 radical (unpaired) electrons. The maximum atomic E-state index is 13.6. The predicted molar refractivity (Wildman–Crippen MR) is 135 cm³/mol. The summed E-state index contributed by atoms with van der Waals surface area (Å²) in [6.07, 6.45) is -3.90. The lowest BCUT2D eigenvalue weighted by atomic mass is 10.2. The van der Waals surface area contributed by atoms with Crippen molar-refractivity contribution >= 4 is 47.0 Å². The van der Waals surface area contributed by atoms with Crippen molar-refractivity contribution in [2.45, 2.75) is 6.18 Å². The lowest BCUT2D eigenvalue weighted by Crippen LogP contribution is -2.12. The van der Waals surface area contributed by atoms with Crippen LogP contribution >= 0.6 is 7.14 Å². The topological polar surface area (TPSA) is 78.9 Å². The van der Waals surface area contributed by atoms with Crippen LogP contribution in [0.4, 0.5) is 47.7 Å². The van der Waals surface area contributed by atoms with Crippen molar-refractivity contribution in [3.8, 4) is 0 Å². The van der Waals surface area contributed by atoms with Crippen LogP contribution in [0.3, 0.4) is 0 Å². The molecule has 1 aromatic heterocycles. The van der Waals surface area contributed by atoms with E-state index in [9.17, 15) is 17.7 Å². The summed E-state index contributed by atoms with van der Waals surface area (Å²) in [5.74, 6) is -0.381. The third-order valence-electron chi connectivity index (χ3n) is 5.05. The average molecular weight is 497 g/mol. The van der Waals surface area contributed by atoms with Gasteiger partial charge in [0.05, 0.1) is 0 Å². The van der Waals surface area contributed by atoms with E-state index < -0.39 is 18.9 Å². The molecule has 0 aliphatic rings. The molecule has 0 spiro atoms. The Bertz CT molecular complexity index is 1340. The van der Waals surface area contributed by atoms with Crippen LogP contribution in [-0.4, -0.2) is 23.3 Å². The molecular weight excluding hydrogens is 474 g/mol. The lowest BCUT2D eigenvalue weighted by Gasteiger charge is -2.15. The van der Waals surface area contributed by atoms with Gasteiger partial charge in [0.2, 0.25) is 5.95 Å². The van der Waals surface area contributed by atoms with Gasteiger partial charge in [-0.25, -0.2) is 4.98 Å². The lowest BCUT2D eigenvalue weighted by molar-refractivity contribution is -0.137. The smallest absolute Gasteiger partial charge is 0.356 e. The minimum Gasteiger partial charge on any atom is -0.356 e. The van der Waals surface area contributed by atoms with Crippen LogP contribution in [0.15, 0.2) is 85.1 Å². The van der Waals surface area contributed by atoms with Crippen molar-refractivity contribution in [2.75, 3.05) is 29.3 Å². The molecule has 0 atom stereocenters. The van der Waals surface area contributed by atoms with Crippen molar-refractivity contribution in [1.82, 2.24) is 9.97 Å². The monoisotopic (exact) mass is 497 g/mol. The Morgan fingerprint density at radius 1 is 0.714 bits per heavy atom. The van der Waals surface area contributed by atoms with Gasteiger partial charge in [0.25, 0.3) is 0 Å². The van der Waals surface area contributed by atoms with Crippen LogP contribution in [0.5, 0.6) is 0 Å². The molecule has 6 nitrogen and oxygen atoms in total. The minimum atomic E-state index is -4.64. The summed E-state index contributed by atoms with van der Waals surface area (Å²) in [5.41, 5.74) is 1.69. The normalized spacial score (nSPS) is 11.7. The molecule has 180 valence electrons. The third-order valence-corrected chi connectivity index (χ3v) is 6.59. The number of nitrogens with one attached hydrogen (secondary N) is 3. The van der Waals surface area contributed by atoms with Gasteiger partial charge in [-0.15, -0.1) is 0 Å². The maximum absolute atomic E-state index is 13.6. The fourth-order valence-corrected chi connectivity index (χ4v) is 4.11. The first-order valence-corrected chi connectivity index (χ1v) is 13.2. The Kier molecular flexibility index (Phi) is 6.80. The first kappa shape index (κ1) is 24.3. The van der Waals surface area contributed by atoms with Crippen LogP contribution in [0.1, 0.15) is 5.56 Å². The Balaban J connectivity index is 1.55. The van der Waals surface area contributed by atoms with Crippen LogP contribution in [-0.2, 0) is 10.7 Å². The first-order chi connectivity index (χ1) is 16.6. The fourth-order valence-electron chi connectivity index (χ4n) is 3.24. The molecule has 3 N–H and O–H groups in total. The van der Waals surface area contributed by atoms with E-state index in [4.69, 9.17) is 0 Å². The van der Waals surface area contributed by atoms with E-state index in [1.165, 1.54) is 0 Å². The van der Waals surface area contributed by atoms with Crippen LogP contribution in [0.25, 0.3) is 0 Å². The number of hydrogen-bond donors (Lipinski definition) is 3. The highest BCUT2D eigenvalue weighted by Gasteiger charge is 2.35. The molecule has 4 rings (SSSR count). The molecule has 10 heteroatoms. The van der Waals surface area contributed by atoms with Crippen LogP contribution in [0, 0.1) is 0 Å². The van der Waals surface area contributed by atoms with Crippen molar-refractivity contribution < 1.29 is 17.7 Å². The second-order valence-corrected chi connectivity index (χ2v) is 11.4. The molecule has 35 heavy (non-hydrogen) atoms. The van der Waals surface area contributed by atoms with Gasteiger partial charge in [0, 0.05) is 34.3 Å². The molecular formula is C25H23F3N5OP. The summed E-state index contributed by atoms with van der Waals surface area (Å²) in [5, 5.41) is 9.56. The van der Waals surface area contributed by atoms with Gasteiger partial charge in [0.1, 0.15) is 18.5 Å². The zero-order valence-electron chi connectivity index (χ0n) is 19.0. The number of benzene rings is 3. The SMILES string of the molecule is CP(C)(=O)c1ccc(Nc2ncc(C(F)(F)F)c(Nc3ccc(Nc4ccccc4)cc3)n2)cc1. The molecule has 0 aliphatic heterocycles. The third kappa shape index (κ3) is 6.39. The molecule has 0 aliphatic carbocycles. The molecule has 0 saturated carbocycles. The zero-order chi connectivity index (χ0) is 25.1. The summed E-state index contributed by atoms with van der Waals surface area (Å²) < 4.78 is 53.0. The number of alkyl halides is 3. The Morgan fingerprint density at radius 3 is 1.80 bits per heavy atom. The highest BCUT2D eigenvalue weighted by Crippen LogP contribution is 2.36. The minimum absolute atomic E-state index is 0.00760. The summed E-state index contributed by atoms with van der Waals surface area (Å²) in [7, 11) is -2.41. The summed E-state index contributed by atoms with van der Waals surface area (Å²) >= 11 is 0. The molecule has 0 bridgehead atoms. The van der Waals surface area contributed by atoms with E-state index in [1.54, 1.807) is 61.9 Å². The predicted octanol–water partition coefficient (Wildman–Crippen LogP) is 6.97. The standard InChI is InChI=1S/C25H23F3N5OP/c1-35(2,34)21-14-12-20(13-15-21)32-24-29-16-22(25(26,27)28)23(33-24)31-19-10-8-18(9-11-19)30-17-6-4-3-5-7-17/h3-16,30H,1-2H3,(H2,29,31,32,33). The molecule has 3 aromatic carbocycles. The van der Waals surface area contributed by atoms with Crippen molar-refractivity contribution in [2.24, 2.45) is 0 Å². The zero-order valence-corrected chi connectivity index (χ0v) is 19.9. The number of rotatable bonds is 7. The van der Waals surface area contributed by atoms with E-state index in [2.05, 4.69) is 25.9 Å². The largest absolute Gasteiger partial charge is 0.421 e. The van der Waals surface area contributed by atoms with Crippen LogP contribution < -0.4 is 21.3 Å². The average Bonchev–Trinajstić information content (AvgIpc) is 2.80. The highest BCUT2D eigenvalue weighted by molar-refractivity contribution is 7.70. The Morgan fingerprint density at radius 2 is 1.23 bits per heavy atom. The van der Waals surface area contributed by atoms with Gasteiger partial charge < -0.3 is 20.5 Å². The first-order valence-electron chi connectivity index (χ1n) is 10.6. The number of para-hydroxylation sites is 1. The van der Waals surface area contributed by atoms with Crippen molar-refractivity contribution in [3.63, 3.8) is 0 Å². The van der Waals surface area contributed by atoms with Gasteiger partial charge in [-0.3, -0.25) is 0 Å². The second-order valence-electron chi connectivity index (χ2n) is 8.17. The van der Waals surface area contributed by atoms with E-state index in [0.29, 0.717) is 16.7 Å². The quantitative estimate of drug-likeness (QED) is 0.239. The molecule has 0 amide bonds. The number of aromatic nitrogens is 2. The number of halogens is 3. The van der Waals surface area contributed by atoms with Gasteiger partial charge in [0.15, 0.2) is 0 Å². The molecule has 1 heterocycles. The number of anilines is 6. The van der Waals surface area contributed by atoms with Gasteiger partial charge >= 0.3 is 6.18 Å². The molecule has 0 unspecified atom stereocenters. The van der Waals surface area contributed by atoms with Crippen LogP contribution in [0.2, 0.25) is 0 Å². The van der Waals surface area contributed by atoms with E-state index in [-0.39, 0.29) is 11.8 Å². The summed E-state index contributed by atoms with van der Waals surface area (Å²) in [4.78, 5) is 7.90. The van der Waals surface area contributed by atoms with Gasteiger partial charge in [-0.1, -0.05) is 18.2 Å². The van der Waals surface area contributed by atoms with Gasteiger partial charge in [-0.05, 0) is 74.0 Å². The molecule has 0 fully saturated rings. The molecule has 0 saturated heterocycles. The summed E-state index contributed by atoms with van der Waals surface area (Å²) in [6.45, 7) is 3.33. The van der Waals surface area contributed by atoms with Crippen molar-refractivity contribution in [1.29, 1.82) is 0 Å². The Labute approximate surface area is 201 Å². The van der Waals surface area contributed by atoms with Crippen molar-refractivity contribution in [3.05, 3.63) is 90.6 Å².